The molecule has 0 bridgehead atoms. The minimum Gasteiger partial charge on any atom is -0.354 e. The minimum absolute atomic E-state index is 0.00929. The molecule has 3 aromatic rings. The van der Waals surface area contributed by atoms with E-state index in [4.69, 9.17) is 16.9 Å². The monoisotopic (exact) mass is 366 g/mol. The molecule has 0 atom stereocenters. The molecule has 0 radical (unpaired) electrons. The first-order valence-electron chi connectivity index (χ1n) is 7.54. The quantitative estimate of drug-likeness (QED) is 0.699. The van der Waals surface area contributed by atoms with Gasteiger partial charge in [-0.1, -0.05) is 23.7 Å². The molecule has 1 aromatic heterocycles. The topological polar surface area (TPSA) is 77.8 Å². The number of pyridine rings is 1. The van der Waals surface area contributed by atoms with E-state index in [9.17, 15) is 9.18 Å². The van der Waals surface area contributed by atoms with Gasteiger partial charge in [0, 0.05) is 11.9 Å². The molecule has 2 aromatic carbocycles. The first-order chi connectivity index (χ1) is 12.6. The molecule has 1 amide bonds. The van der Waals surface area contributed by atoms with E-state index in [-0.39, 0.29) is 5.02 Å². The molecule has 0 spiro atoms. The highest BCUT2D eigenvalue weighted by molar-refractivity contribution is 6.31. The summed E-state index contributed by atoms with van der Waals surface area (Å²) in [5.41, 5.74) is 2.18. The van der Waals surface area contributed by atoms with E-state index >= 15 is 0 Å². The summed E-state index contributed by atoms with van der Waals surface area (Å²) < 4.78 is 13.2. The zero-order valence-electron chi connectivity index (χ0n) is 13.3. The van der Waals surface area contributed by atoms with Crippen LogP contribution >= 0.6 is 11.6 Å². The smallest absolute Gasteiger partial charge is 0.257 e. The van der Waals surface area contributed by atoms with Crippen molar-refractivity contribution in [2.75, 3.05) is 10.6 Å². The summed E-state index contributed by atoms with van der Waals surface area (Å²) in [6, 6.07) is 14.5. The largest absolute Gasteiger partial charge is 0.354 e. The van der Waals surface area contributed by atoms with E-state index in [1.54, 1.807) is 30.3 Å². The Morgan fingerprint density at radius 2 is 1.92 bits per heavy atom. The van der Waals surface area contributed by atoms with Gasteiger partial charge in [-0.05, 0) is 36.4 Å². The number of hydrogen-bond donors (Lipinski definition) is 2. The van der Waals surface area contributed by atoms with E-state index in [1.807, 2.05) is 6.07 Å². The maximum Gasteiger partial charge on any atom is 0.257 e. The van der Waals surface area contributed by atoms with Gasteiger partial charge in [0.15, 0.2) is 0 Å². The average molecular weight is 367 g/mol. The summed E-state index contributed by atoms with van der Waals surface area (Å²) in [6.07, 6.45) is 2.93. The van der Waals surface area contributed by atoms with E-state index in [0.717, 1.165) is 0 Å². The Morgan fingerprint density at radius 1 is 1.12 bits per heavy atom. The number of amides is 1. The van der Waals surface area contributed by atoms with Gasteiger partial charge < -0.3 is 10.6 Å². The summed E-state index contributed by atoms with van der Waals surface area (Å²) in [7, 11) is 0. The lowest BCUT2D eigenvalue weighted by atomic mass is 10.2. The molecule has 7 heteroatoms. The van der Waals surface area contributed by atoms with Crippen molar-refractivity contribution < 1.29 is 9.18 Å². The molecule has 0 aliphatic heterocycles. The van der Waals surface area contributed by atoms with Crippen molar-refractivity contribution in [2.24, 2.45) is 0 Å². The molecule has 0 aliphatic rings. The molecule has 0 aliphatic carbocycles. The number of carbonyl (C=O) groups excluding carboxylic acids is 1. The van der Waals surface area contributed by atoms with E-state index < -0.39 is 11.7 Å². The van der Waals surface area contributed by atoms with Gasteiger partial charge in [0.25, 0.3) is 5.91 Å². The Hall–Kier alpha value is -3.43. The Kier molecular flexibility index (Phi) is 5.11. The third kappa shape index (κ3) is 3.97. The SMILES string of the molecule is N#Cc1ccccc1NC(=O)c1cncc(Nc2ccc(F)c(Cl)c2)c1. The number of benzene rings is 2. The van der Waals surface area contributed by atoms with Gasteiger partial charge in [-0.3, -0.25) is 9.78 Å². The number of nitrogens with one attached hydrogen (secondary N) is 2. The van der Waals surface area contributed by atoms with Gasteiger partial charge in [0.05, 0.1) is 33.7 Å². The summed E-state index contributed by atoms with van der Waals surface area (Å²) >= 11 is 5.76. The van der Waals surface area contributed by atoms with Gasteiger partial charge in [-0.25, -0.2) is 4.39 Å². The first kappa shape index (κ1) is 17.4. The summed E-state index contributed by atoms with van der Waals surface area (Å²) in [5.74, 6) is -0.916. The summed E-state index contributed by atoms with van der Waals surface area (Å²) in [5, 5.41) is 14.8. The molecule has 0 fully saturated rings. The fraction of sp³-hybridized carbons (Fsp3) is 0. The van der Waals surface area contributed by atoms with Crippen molar-refractivity contribution in [3.8, 4) is 6.07 Å². The Labute approximate surface area is 154 Å². The van der Waals surface area contributed by atoms with E-state index in [0.29, 0.717) is 28.2 Å². The Morgan fingerprint density at radius 3 is 2.69 bits per heavy atom. The third-order valence-electron chi connectivity index (χ3n) is 3.50. The minimum atomic E-state index is -0.514. The number of halogens is 2. The molecule has 0 saturated carbocycles. The Bertz CT molecular complexity index is 1020. The van der Waals surface area contributed by atoms with Crippen LogP contribution < -0.4 is 10.6 Å². The molecular weight excluding hydrogens is 355 g/mol. The fourth-order valence-electron chi connectivity index (χ4n) is 2.26. The standard InChI is InChI=1S/C19H12ClFN4O/c20-16-8-14(5-6-17(16)21)24-15-7-13(10-23-11-15)19(26)25-18-4-2-1-3-12(18)9-22/h1-8,10-11,24H,(H,25,26). The molecule has 26 heavy (non-hydrogen) atoms. The molecule has 3 rings (SSSR count). The number of rotatable bonds is 4. The van der Waals surface area contributed by atoms with Crippen LogP contribution in [0, 0.1) is 17.1 Å². The second-order valence-corrected chi connectivity index (χ2v) is 5.73. The lowest BCUT2D eigenvalue weighted by Crippen LogP contribution is -2.13. The van der Waals surface area contributed by atoms with Gasteiger partial charge in [-0.15, -0.1) is 0 Å². The number of hydrogen-bond acceptors (Lipinski definition) is 4. The van der Waals surface area contributed by atoms with Crippen LogP contribution in [0.5, 0.6) is 0 Å². The molecular formula is C19H12ClFN4O. The third-order valence-corrected chi connectivity index (χ3v) is 3.79. The molecule has 0 unspecified atom stereocenters. The van der Waals surface area contributed by atoms with Crippen LogP contribution in [0.15, 0.2) is 60.9 Å². The molecule has 5 nitrogen and oxygen atoms in total. The van der Waals surface area contributed by atoms with Crippen LogP contribution in [0.3, 0.4) is 0 Å². The lowest BCUT2D eigenvalue weighted by Gasteiger charge is -2.10. The number of anilines is 3. The molecule has 2 N–H and O–H groups in total. The second-order valence-electron chi connectivity index (χ2n) is 5.33. The number of para-hydroxylation sites is 1. The Balaban J connectivity index is 1.79. The highest BCUT2D eigenvalue weighted by Gasteiger charge is 2.10. The van der Waals surface area contributed by atoms with Crippen LogP contribution in [0.2, 0.25) is 5.02 Å². The predicted octanol–water partition coefficient (Wildman–Crippen LogP) is 4.74. The second kappa shape index (κ2) is 7.64. The van der Waals surface area contributed by atoms with Crippen molar-refractivity contribution in [3.05, 3.63) is 82.9 Å². The van der Waals surface area contributed by atoms with Crippen LogP contribution in [0.25, 0.3) is 0 Å². The van der Waals surface area contributed by atoms with E-state index in [2.05, 4.69) is 15.6 Å². The molecule has 1 heterocycles. The fourth-order valence-corrected chi connectivity index (χ4v) is 2.44. The average Bonchev–Trinajstić information content (AvgIpc) is 2.65. The van der Waals surface area contributed by atoms with E-state index in [1.165, 1.54) is 30.6 Å². The van der Waals surface area contributed by atoms with Crippen LogP contribution in [-0.4, -0.2) is 10.9 Å². The van der Waals surface area contributed by atoms with Gasteiger partial charge >= 0.3 is 0 Å². The van der Waals surface area contributed by atoms with Gasteiger partial charge in [0.1, 0.15) is 11.9 Å². The van der Waals surface area contributed by atoms with Crippen LogP contribution in [0.1, 0.15) is 15.9 Å². The zero-order chi connectivity index (χ0) is 18.5. The molecule has 0 saturated heterocycles. The van der Waals surface area contributed by atoms with Crippen LogP contribution in [-0.2, 0) is 0 Å². The van der Waals surface area contributed by atoms with Crippen molar-refractivity contribution in [1.29, 1.82) is 5.26 Å². The zero-order valence-corrected chi connectivity index (χ0v) is 14.1. The van der Waals surface area contributed by atoms with Crippen molar-refractivity contribution in [3.63, 3.8) is 0 Å². The number of aromatic nitrogens is 1. The predicted molar refractivity (Wildman–Crippen MR) is 98.0 cm³/mol. The van der Waals surface area contributed by atoms with Crippen molar-refractivity contribution in [1.82, 2.24) is 4.98 Å². The van der Waals surface area contributed by atoms with Crippen molar-refractivity contribution >= 4 is 34.6 Å². The maximum absolute atomic E-state index is 13.2. The number of nitrogens with zero attached hydrogens (tertiary/aromatic N) is 2. The molecule has 128 valence electrons. The summed E-state index contributed by atoms with van der Waals surface area (Å²) in [4.78, 5) is 16.5. The normalized spacial score (nSPS) is 10.0. The number of nitriles is 1. The number of carbonyl (C=O) groups is 1. The van der Waals surface area contributed by atoms with Gasteiger partial charge in [-0.2, -0.15) is 5.26 Å². The first-order valence-corrected chi connectivity index (χ1v) is 7.92. The van der Waals surface area contributed by atoms with Gasteiger partial charge in [0.2, 0.25) is 0 Å². The summed E-state index contributed by atoms with van der Waals surface area (Å²) in [6.45, 7) is 0. The highest BCUT2D eigenvalue weighted by atomic mass is 35.5. The highest BCUT2D eigenvalue weighted by Crippen LogP contribution is 2.23. The van der Waals surface area contributed by atoms with Crippen LogP contribution in [0.4, 0.5) is 21.5 Å². The maximum atomic E-state index is 13.2. The lowest BCUT2D eigenvalue weighted by molar-refractivity contribution is 0.102. The van der Waals surface area contributed by atoms with Crippen molar-refractivity contribution in [2.45, 2.75) is 0 Å².